The first kappa shape index (κ1) is 23.9. The Morgan fingerprint density at radius 3 is 2.39 bits per heavy atom. The molecule has 0 radical (unpaired) electrons. The summed E-state index contributed by atoms with van der Waals surface area (Å²) in [5.41, 5.74) is 2.56. The van der Waals surface area contributed by atoms with Crippen LogP contribution < -0.4 is 10.6 Å². The van der Waals surface area contributed by atoms with Gasteiger partial charge < -0.3 is 25.2 Å². The summed E-state index contributed by atoms with van der Waals surface area (Å²) < 4.78 is 33.6. The molecule has 170 valence electrons. The third-order valence-electron chi connectivity index (χ3n) is 4.45. The van der Waals surface area contributed by atoms with E-state index in [0.717, 1.165) is 24.1 Å². The minimum absolute atomic E-state index is 0.0586. The fraction of sp³-hybridized carbons (Fsp3) is 0.444. The van der Waals surface area contributed by atoms with Gasteiger partial charge in [0.25, 0.3) is 0 Å². The van der Waals surface area contributed by atoms with E-state index >= 15 is 0 Å². The lowest BCUT2D eigenvalue weighted by atomic mass is 10.1. The van der Waals surface area contributed by atoms with Gasteiger partial charge in [0.1, 0.15) is 5.65 Å². The van der Waals surface area contributed by atoms with Gasteiger partial charge in [-0.15, -0.1) is 0 Å². The molecule has 10 nitrogen and oxygen atoms in total. The van der Waals surface area contributed by atoms with Gasteiger partial charge in [-0.1, -0.05) is 0 Å². The molecule has 0 bridgehead atoms. The van der Waals surface area contributed by atoms with E-state index in [9.17, 15) is 22.8 Å². The van der Waals surface area contributed by atoms with Crippen molar-refractivity contribution < 1.29 is 37.8 Å². The number of rotatable bonds is 4. The number of anilines is 1. The van der Waals surface area contributed by atoms with Gasteiger partial charge in [-0.2, -0.15) is 13.2 Å². The molecule has 1 fully saturated rings. The first-order valence-corrected chi connectivity index (χ1v) is 9.21. The van der Waals surface area contributed by atoms with Crippen LogP contribution >= 0.6 is 0 Å². The number of aromatic nitrogens is 2. The molecule has 0 spiro atoms. The Kier molecular flexibility index (Phi) is 7.80. The van der Waals surface area contributed by atoms with Crippen molar-refractivity contribution in [2.75, 3.05) is 25.0 Å². The molecule has 0 aliphatic carbocycles. The summed E-state index contributed by atoms with van der Waals surface area (Å²) in [5.74, 6) is -3.57. The summed E-state index contributed by atoms with van der Waals surface area (Å²) in [5, 5.41) is 21.7. The van der Waals surface area contributed by atoms with Gasteiger partial charge in [0.15, 0.2) is 0 Å². The van der Waals surface area contributed by atoms with Crippen molar-refractivity contribution in [3.8, 4) is 0 Å². The van der Waals surface area contributed by atoms with E-state index in [0.29, 0.717) is 18.8 Å². The van der Waals surface area contributed by atoms with Crippen LogP contribution in [0.3, 0.4) is 0 Å². The highest BCUT2D eigenvalue weighted by molar-refractivity contribution is 5.89. The Morgan fingerprint density at radius 1 is 1.23 bits per heavy atom. The maximum absolute atomic E-state index is 12.2. The van der Waals surface area contributed by atoms with Crippen molar-refractivity contribution in [1.29, 1.82) is 0 Å². The van der Waals surface area contributed by atoms with E-state index in [1.54, 1.807) is 6.20 Å². The number of aryl methyl sites for hydroxylation is 1. The number of piperidine rings is 1. The number of hydrogen-bond donors (Lipinski definition) is 4. The number of likely N-dealkylation sites (tertiary alicyclic amines) is 1. The van der Waals surface area contributed by atoms with Crippen molar-refractivity contribution >= 4 is 29.3 Å². The van der Waals surface area contributed by atoms with Crippen LogP contribution in [0.15, 0.2) is 24.7 Å². The summed E-state index contributed by atoms with van der Waals surface area (Å²) >= 11 is 0. The second kappa shape index (κ2) is 10.1. The van der Waals surface area contributed by atoms with Crippen LogP contribution in [-0.4, -0.2) is 74.3 Å². The first-order chi connectivity index (χ1) is 14.5. The molecule has 0 unspecified atom stereocenters. The molecule has 31 heavy (non-hydrogen) atoms. The molecule has 2 aromatic heterocycles. The molecule has 4 N–H and O–H groups in total. The Balaban J connectivity index is 0.000000423. The van der Waals surface area contributed by atoms with Crippen LogP contribution in [-0.2, 0) is 9.59 Å². The molecule has 2 aromatic rings. The zero-order valence-electron chi connectivity index (χ0n) is 16.5. The van der Waals surface area contributed by atoms with Crippen LogP contribution in [0.25, 0.3) is 5.65 Å². The van der Waals surface area contributed by atoms with Gasteiger partial charge in [0.05, 0.1) is 12.2 Å². The molecule has 3 heterocycles. The number of amides is 2. The zero-order valence-corrected chi connectivity index (χ0v) is 16.5. The molecule has 1 aliphatic rings. The van der Waals surface area contributed by atoms with E-state index in [1.807, 2.05) is 34.7 Å². The molecular formula is C18H22F3N5O5. The number of carbonyl (C=O) groups excluding carboxylic acids is 1. The number of nitrogens with one attached hydrogen (secondary N) is 2. The highest BCUT2D eigenvalue weighted by atomic mass is 19.4. The predicted octanol–water partition coefficient (Wildman–Crippen LogP) is 1.95. The predicted molar refractivity (Wildman–Crippen MR) is 103 cm³/mol. The number of urea groups is 1. The van der Waals surface area contributed by atoms with Crippen LogP contribution in [0.1, 0.15) is 18.4 Å². The molecule has 0 saturated carbocycles. The molecule has 13 heteroatoms. The average molecular weight is 445 g/mol. The molecule has 2 amide bonds. The normalized spacial score (nSPS) is 15.1. The van der Waals surface area contributed by atoms with Crippen molar-refractivity contribution in [3.05, 3.63) is 30.2 Å². The Morgan fingerprint density at radius 2 is 1.84 bits per heavy atom. The van der Waals surface area contributed by atoms with Crippen molar-refractivity contribution in [1.82, 2.24) is 19.6 Å². The molecule has 1 aliphatic heterocycles. The number of nitrogens with zero attached hydrogens (tertiary/aromatic N) is 3. The fourth-order valence-electron chi connectivity index (χ4n) is 3.06. The number of alkyl halides is 3. The number of hydrogen-bond acceptors (Lipinski definition) is 5. The number of carboxylic acids is 2. The minimum atomic E-state index is -5.08. The minimum Gasteiger partial charge on any atom is -0.480 e. The van der Waals surface area contributed by atoms with Crippen LogP contribution in [0.5, 0.6) is 0 Å². The third kappa shape index (κ3) is 7.44. The SMILES string of the molecule is Cc1cc(NC(=O)NC2CCN(CC(=O)O)CC2)cn2ccnc12.O=C(O)C(F)(F)F. The third-order valence-corrected chi connectivity index (χ3v) is 4.45. The molecule has 0 aromatic carbocycles. The van der Waals surface area contributed by atoms with Gasteiger partial charge in [-0.3, -0.25) is 9.69 Å². The van der Waals surface area contributed by atoms with Crippen LogP contribution in [0.2, 0.25) is 0 Å². The smallest absolute Gasteiger partial charge is 0.480 e. The lowest BCUT2D eigenvalue weighted by Crippen LogP contribution is -2.47. The summed E-state index contributed by atoms with van der Waals surface area (Å²) in [4.78, 5) is 37.9. The standard InChI is InChI=1S/C16H21N5O3.C2HF3O2/c1-11-8-13(9-21-7-4-17-15(11)21)19-16(24)18-12-2-5-20(6-3-12)10-14(22)23;3-2(4,5)1(6)7/h4,7-9,12H,2-3,5-6,10H2,1H3,(H,22,23)(H2,18,19,24);(H,6,7). The van der Waals surface area contributed by atoms with Gasteiger partial charge in [-0.05, 0) is 31.4 Å². The van der Waals surface area contributed by atoms with Crippen molar-refractivity contribution in [2.24, 2.45) is 0 Å². The Bertz CT molecular complexity index is 938. The van der Waals surface area contributed by atoms with Gasteiger partial charge in [-0.25, -0.2) is 14.6 Å². The van der Waals surface area contributed by atoms with Gasteiger partial charge in [0.2, 0.25) is 0 Å². The first-order valence-electron chi connectivity index (χ1n) is 9.21. The maximum Gasteiger partial charge on any atom is 0.490 e. The second-order valence-electron chi connectivity index (χ2n) is 6.92. The second-order valence-corrected chi connectivity index (χ2v) is 6.92. The molecule has 0 atom stereocenters. The Hall–Kier alpha value is -3.35. The maximum atomic E-state index is 12.2. The highest BCUT2D eigenvalue weighted by Crippen LogP contribution is 2.16. The lowest BCUT2D eigenvalue weighted by molar-refractivity contribution is -0.192. The summed E-state index contributed by atoms with van der Waals surface area (Å²) in [6.45, 7) is 3.36. The highest BCUT2D eigenvalue weighted by Gasteiger charge is 2.38. The summed E-state index contributed by atoms with van der Waals surface area (Å²) in [6, 6.07) is 1.70. The largest absolute Gasteiger partial charge is 0.490 e. The number of imidazole rings is 1. The summed E-state index contributed by atoms with van der Waals surface area (Å²) in [7, 11) is 0. The average Bonchev–Trinajstić information content (AvgIpc) is 3.12. The number of aliphatic carboxylic acids is 2. The van der Waals surface area contributed by atoms with Crippen molar-refractivity contribution in [2.45, 2.75) is 32.0 Å². The van der Waals surface area contributed by atoms with Crippen molar-refractivity contribution in [3.63, 3.8) is 0 Å². The monoisotopic (exact) mass is 445 g/mol. The molecular weight excluding hydrogens is 423 g/mol. The number of halogens is 3. The lowest BCUT2D eigenvalue weighted by Gasteiger charge is -2.31. The van der Waals surface area contributed by atoms with Crippen LogP contribution in [0.4, 0.5) is 23.7 Å². The number of carbonyl (C=O) groups is 3. The zero-order chi connectivity index (χ0) is 23.2. The van der Waals surface area contributed by atoms with E-state index in [2.05, 4.69) is 15.6 Å². The molecule has 1 saturated heterocycles. The van der Waals surface area contributed by atoms with E-state index < -0.39 is 18.1 Å². The van der Waals surface area contributed by atoms with Gasteiger partial charge >= 0.3 is 24.1 Å². The summed E-state index contributed by atoms with van der Waals surface area (Å²) in [6.07, 6.45) is 1.80. The Labute approximate surface area is 174 Å². The fourth-order valence-corrected chi connectivity index (χ4v) is 3.06. The molecule has 3 rings (SSSR count). The van der Waals surface area contributed by atoms with E-state index in [-0.39, 0.29) is 18.6 Å². The number of pyridine rings is 1. The number of carboxylic acid groups (broad SMARTS) is 2. The van der Waals surface area contributed by atoms with E-state index in [4.69, 9.17) is 15.0 Å². The number of fused-ring (bicyclic) bond motifs is 1. The quantitative estimate of drug-likeness (QED) is 0.565. The van der Waals surface area contributed by atoms with Crippen LogP contribution in [0, 0.1) is 6.92 Å². The van der Waals surface area contributed by atoms with E-state index in [1.165, 1.54) is 0 Å². The topological polar surface area (TPSA) is 136 Å². The van der Waals surface area contributed by atoms with Gasteiger partial charge in [0, 0.05) is 37.7 Å².